The highest BCUT2D eigenvalue weighted by Crippen LogP contribution is 2.31. The topological polar surface area (TPSA) is 41.4 Å². The first-order chi connectivity index (χ1) is 9.15. The van der Waals surface area contributed by atoms with Crippen molar-refractivity contribution in [2.75, 3.05) is 33.2 Å². The van der Waals surface area contributed by atoms with Crippen molar-refractivity contribution in [2.45, 2.75) is 12.8 Å². The van der Waals surface area contributed by atoms with Crippen molar-refractivity contribution in [3.8, 4) is 0 Å². The predicted octanol–water partition coefficient (Wildman–Crippen LogP) is 0.373. The van der Waals surface area contributed by atoms with Crippen LogP contribution in [0.5, 0.6) is 0 Å². The highest BCUT2D eigenvalue weighted by molar-refractivity contribution is 5.80. The molecule has 1 aromatic heterocycles. The molecule has 1 amide bonds. The number of amides is 1. The lowest BCUT2D eigenvalue weighted by atomic mass is 9.88. The van der Waals surface area contributed by atoms with E-state index in [1.165, 1.54) is 0 Å². The maximum absolute atomic E-state index is 12.1. The highest BCUT2D eigenvalue weighted by Gasteiger charge is 2.41. The fourth-order valence-corrected chi connectivity index (χ4v) is 3.36. The van der Waals surface area contributed by atoms with Crippen LogP contribution in [0.15, 0.2) is 12.4 Å². The molecule has 0 radical (unpaired) electrons. The molecule has 5 nitrogen and oxygen atoms in total. The Balaban J connectivity index is 1.57. The van der Waals surface area contributed by atoms with E-state index in [0.717, 1.165) is 44.8 Å². The van der Waals surface area contributed by atoms with Gasteiger partial charge in [-0.1, -0.05) is 0 Å². The van der Waals surface area contributed by atoms with Gasteiger partial charge in [0, 0.05) is 59.1 Å². The van der Waals surface area contributed by atoms with Crippen molar-refractivity contribution in [1.29, 1.82) is 0 Å². The van der Waals surface area contributed by atoms with Gasteiger partial charge in [0.15, 0.2) is 0 Å². The van der Waals surface area contributed by atoms with Crippen LogP contribution >= 0.6 is 0 Å². The summed E-state index contributed by atoms with van der Waals surface area (Å²) in [7, 11) is 3.96. The van der Waals surface area contributed by atoms with E-state index in [9.17, 15) is 4.79 Å². The second-order valence-corrected chi connectivity index (χ2v) is 5.88. The Labute approximate surface area is 114 Å². The molecular formula is C14H22N4O. The number of piperidine rings is 1. The minimum absolute atomic E-state index is 0.236. The molecule has 0 saturated carbocycles. The molecule has 0 aromatic carbocycles. The highest BCUT2D eigenvalue weighted by atomic mass is 16.2. The number of imidazole rings is 1. The second kappa shape index (κ2) is 4.96. The van der Waals surface area contributed by atoms with Gasteiger partial charge in [0.05, 0.1) is 5.92 Å². The SMILES string of the molecule is CN1CC[C@@H]2CN(CCc3nccn3C)C[C@@H]2C1=O. The van der Waals surface area contributed by atoms with Crippen LogP contribution in [0.3, 0.4) is 0 Å². The van der Waals surface area contributed by atoms with Crippen molar-refractivity contribution in [2.24, 2.45) is 18.9 Å². The number of hydrogen-bond acceptors (Lipinski definition) is 3. The summed E-state index contributed by atoms with van der Waals surface area (Å²) < 4.78 is 2.07. The molecule has 5 heteroatoms. The van der Waals surface area contributed by atoms with Gasteiger partial charge in [-0.3, -0.25) is 4.79 Å². The lowest BCUT2D eigenvalue weighted by Gasteiger charge is -2.30. The number of fused-ring (bicyclic) bond motifs is 1. The van der Waals surface area contributed by atoms with Crippen molar-refractivity contribution in [3.63, 3.8) is 0 Å². The summed E-state index contributed by atoms with van der Waals surface area (Å²) in [6, 6.07) is 0. The summed E-state index contributed by atoms with van der Waals surface area (Å²) in [6.07, 6.45) is 5.95. The molecule has 0 N–H and O–H groups in total. The van der Waals surface area contributed by atoms with E-state index >= 15 is 0 Å². The van der Waals surface area contributed by atoms with Crippen LogP contribution in [0.2, 0.25) is 0 Å². The van der Waals surface area contributed by atoms with E-state index in [1.807, 2.05) is 31.4 Å². The number of nitrogens with zero attached hydrogens (tertiary/aromatic N) is 4. The van der Waals surface area contributed by atoms with E-state index in [4.69, 9.17) is 0 Å². The summed E-state index contributed by atoms with van der Waals surface area (Å²) in [5.41, 5.74) is 0. The van der Waals surface area contributed by atoms with Crippen LogP contribution in [-0.4, -0.2) is 58.5 Å². The van der Waals surface area contributed by atoms with Gasteiger partial charge < -0.3 is 14.4 Å². The van der Waals surface area contributed by atoms with E-state index in [0.29, 0.717) is 11.8 Å². The Morgan fingerprint density at radius 3 is 2.95 bits per heavy atom. The first-order valence-electron chi connectivity index (χ1n) is 7.08. The molecule has 104 valence electrons. The summed E-state index contributed by atoms with van der Waals surface area (Å²) in [5.74, 6) is 2.28. The largest absolute Gasteiger partial charge is 0.345 e. The smallest absolute Gasteiger partial charge is 0.227 e. The van der Waals surface area contributed by atoms with Gasteiger partial charge >= 0.3 is 0 Å². The van der Waals surface area contributed by atoms with Crippen LogP contribution in [-0.2, 0) is 18.3 Å². The third-order valence-corrected chi connectivity index (χ3v) is 4.62. The Bertz CT molecular complexity index is 470. The predicted molar refractivity (Wildman–Crippen MR) is 72.6 cm³/mol. The van der Waals surface area contributed by atoms with E-state index in [1.54, 1.807) is 0 Å². The summed E-state index contributed by atoms with van der Waals surface area (Å²) in [5, 5.41) is 0. The quantitative estimate of drug-likeness (QED) is 0.790. The van der Waals surface area contributed by atoms with E-state index < -0.39 is 0 Å². The van der Waals surface area contributed by atoms with Gasteiger partial charge in [0.2, 0.25) is 5.91 Å². The number of aromatic nitrogens is 2. The molecule has 2 aliphatic heterocycles. The first kappa shape index (κ1) is 12.7. The van der Waals surface area contributed by atoms with Crippen LogP contribution in [0.4, 0.5) is 0 Å². The van der Waals surface area contributed by atoms with E-state index in [-0.39, 0.29) is 5.92 Å². The molecule has 0 spiro atoms. The molecule has 3 rings (SSSR count). The van der Waals surface area contributed by atoms with Gasteiger partial charge in [-0.05, 0) is 12.3 Å². The monoisotopic (exact) mass is 262 g/mol. The molecule has 0 aliphatic carbocycles. The van der Waals surface area contributed by atoms with Crippen molar-refractivity contribution >= 4 is 5.91 Å². The minimum Gasteiger partial charge on any atom is -0.345 e. The van der Waals surface area contributed by atoms with Crippen molar-refractivity contribution in [1.82, 2.24) is 19.4 Å². The number of carbonyl (C=O) groups is 1. The first-order valence-corrected chi connectivity index (χ1v) is 7.08. The second-order valence-electron chi connectivity index (χ2n) is 5.88. The van der Waals surface area contributed by atoms with Gasteiger partial charge in [-0.15, -0.1) is 0 Å². The lowest BCUT2D eigenvalue weighted by molar-refractivity contribution is -0.137. The maximum atomic E-state index is 12.1. The molecule has 2 fully saturated rings. The molecule has 0 bridgehead atoms. The Morgan fingerprint density at radius 2 is 2.21 bits per heavy atom. The zero-order valence-electron chi connectivity index (χ0n) is 11.7. The third-order valence-electron chi connectivity index (χ3n) is 4.62. The van der Waals surface area contributed by atoms with Crippen LogP contribution in [0.25, 0.3) is 0 Å². The van der Waals surface area contributed by atoms with Crippen LogP contribution < -0.4 is 0 Å². The molecule has 1 aromatic rings. The fourth-order valence-electron chi connectivity index (χ4n) is 3.36. The molecule has 2 saturated heterocycles. The molecule has 19 heavy (non-hydrogen) atoms. The summed E-state index contributed by atoms with van der Waals surface area (Å²) in [4.78, 5) is 20.8. The Kier molecular flexibility index (Phi) is 3.31. The molecule has 2 aliphatic rings. The third kappa shape index (κ3) is 2.39. The van der Waals surface area contributed by atoms with Crippen molar-refractivity contribution < 1.29 is 4.79 Å². The maximum Gasteiger partial charge on any atom is 0.227 e. The number of hydrogen-bond donors (Lipinski definition) is 0. The zero-order valence-corrected chi connectivity index (χ0v) is 11.7. The van der Waals surface area contributed by atoms with Gasteiger partial charge in [0.25, 0.3) is 0 Å². The van der Waals surface area contributed by atoms with Gasteiger partial charge in [0.1, 0.15) is 5.82 Å². The number of carbonyl (C=O) groups excluding carboxylic acids is 1. The van der Waals surface area contributed by atoms with Gasteiger partial charge in [-0.25, -0.2) is 4.98 Å². The van der Waals surface area contributed by atoms with Crippen LogP contribution in [0.1, 0.15) is 12.2 Å². The summed E-state index contributed by atoms with van der Waals surface area (Å²) >= 11 is 0. The number of rotatable bonds is 3. The Morgan fingerprint density at radius 1 is 1.37 bits per heavy atom. The Hall–Kier alpha value is -1.36. The average Bonchev–Trinajstić information content (AvgIpc) is 2.98. The molecule has 0 unspecified atom stereocenters. The average molecular weight is 262 g/mol. The van der Waals surface area contributed by atoms with Gasteiger partial charge in [-0.2, -0.15) is 0 Å². The molecule has 2 atom stereocenters. The summed E-state index contributed by atoms with van der Waals surface area (Å²) in [6.45, 7) is 3.94. The number of aryl methyl sites for hydroxylation is 1. The van der Waals surface area contributed by atoms with Crippen molar-refractivity contribution in [3.05, 3.63) is 18.2 Å². The zero-order chi connectivity index (χ0) is 13.4. The normalized spacial score (nSPS) is 27.9. The minimum atomic E-state index is 0.236. The number of likely N-dealkylation sites (tertiary alicyclic amines) is 2. The van der Waals surface area contributed by atoms with Crippen LogP contribution in [0, 0.1) is 11.8 Å². The molecular weight excluding hydrogens is 240 g/mol. The lowest BCUT2D eigenvalue weighted by Crippen LogP contribution is -2.42. The standard InChI is InChI=1S/C14H22N4O/c1-16-8-5-15-13(16)4-7-18-9-11-3-6-17(2)14(19)12(11)10-18/h5,8,11-12H,3-4,6-7,9-10H2,1-2H3/t11-,12+/m1/s1. The van der Waals surface area contributed by atoms with E-state index in [2.05, 4.69) is 14.5 Å². The molecule has 3 heterocycles. The fraction of sp³-hybridized carbons (Fsp3) is 0.714.